The van der Waals surface area contributed by atoms with Crippen LogP contribution in [0.1, 0.15) is 40.9 Å². The van der Waals surface area contributed by atoms with Gasteiger partial charge in [-0.15, -0.1) is 0 Å². The van der Waals surface area contributed by atoms with Gasteiger partial charge < -0.3 is 4.74 Å². The highest BCUT2D eigenvalue weighted by molar-refractivity contribution is 6.35. The number of ketones is 1. The molecule has 0 atom stereocenters. The molecule has 2 aromatic rings. The third kappa shape index (κ3) is 2.96. The van der Waals surface area contributed by atoms with Crippen LogP contribution in [0.3, 0.4) is 0 Å². The Morgan fingerprint density at radius 2 is 1.57 bits per heavy atom. The van der Waals surface area contributed by atoms with Crippen molar-refractivity contribution in [3.63, 3.8) is 0 Å². The predicted molar refractivity (Wildman–Crippen MR) is 86.6 cm³/mol. The molecule has 0 bridgehead atoms. The van der Waals surface area contributed by atoms with Gasteiger partial charge in [0, 0.05) is 5.56 Å². The Morgan fingerprint density at radius 3 is 2.10 bits per heavy atom. The van der Waals surface area contributed by atoms with Crippen molar-refractivity contribution in [3.05, 3.63) is 63.7 Å². The van der Waals surface area contributed by atoms with Gasteiger partial charge in [-0.3, -0.25) is 4.79 Å². The topological polar surface area (TPSA) is 26.3 Å². The highest BCUT2D eigenvalue weighted by Crippen LogP contribution is 2.31. The fourth-order valence-corrected chi connectivity index (χ4v) is 2.81. The molecule has 0 N–H and O–H groups in total. The molecule has 0 heterocycles. The van der Waals surface area contributed by atoms with Crippen LogP contribution in [0.15, 0.2) is 36.4 Å². The molecular formula is C18H19ClO2. The van der Waals surface area contributed by atoms with Crippen LogP contribution in [0.2, 0.25) is 5.02 Å². The maximum atomic E-state index is 13.0. The average Bonchev–Trinajstić information content (AvgIpc) is 2.52. The lowest BCUT2D eigenvalue weighted by Gasteiger charge is -2.15. The van der Waals surface area contributed by atoms with Crippen molar-refractivity contribution in [1.82, 2.24) is 0 Å². The van der Waals surface area contributed by atoms with Crippen LogP contribution in [0.5, 0.6) is 5.75 Å². The number of carbonyl (C=O) groups excluding carboxylic acids is 1. The third-order valence-electron chi connectivity index (χ3n) is 3.65. The second-order valence-electron chi connectivity index (χ2n) is 4.80. The summed E-state index contributed by atoms with van der Waals surface area (Å²) in [6.07, 6.45) is 1.61. The summed E-state index contributed by atoms with van der Waals surface area (Å²) in [7, 11) is 1.55. The first-order chi connectivity index (χ1) is 10.1. The molecule has 0 saturated heterocycles. The van der Waals surface area contributed by atoms with Crippen LogP contribution in [0.25, 0.3) is 0 Å². The van der Waals surface area contributed by atoms with E-state index in [2.05, 4.69) is 13.8 Å². The Balaban J connectivity index is 2.66. The zero-order valence-electron chi connectivity index (χ0n) is 12.6. The number of hydrogen-bond donors (Lipinski definition) is 0. The molecule has 21 heavy (non-hydrogen) atoms. The fraction of sp³-hybridized carbons (Fsp3) is 0.278. The van der Waals surface area contributed by atoms with Crippen molar-refractivity contribution in [2.75, 3.05) is 7.11 Å². The Morgan fingerprint density at radius 1 is 1.00 bits per heavy atom. The molecule has 0 spiro atoms. The van der Waals surface area contributed by atoms with Crippen LogP contribution in [0.4, 0.5) is 0 Å². The van der Waals surface area contributed by atoms with Crippen LogP contribution in [-0.4, -0.2) is 12.9 Å². The molecule has 0 aliphatic heterocycles. The van der Waals surface area contributed by atoms with Gasteiger partial charge in [0.15, 0.2) is 5.78 Å². The number of methoxy groups -OCH3 is 1. The van der Waals surface area contributed by atoms with Gasteiger partial charge in [-0.05, 0) is 36.1 Å². The lowest BCUT2D eigenvalue weighted by Crippen LogP contribution is -2.11. The molecule has 2 aromatic carbocycles. The van der Waals surface area contributed by atoms with Gasteiger partial charge in [-0.25, -0.2) is 0 Å². The number of benzene rings is 2. The number of rotatable bonds is 5. The molecule has 0 saturated carbocycles. The molecule has 0 aliphatic rings. The molecule has 2 nitrogen and oxygen atoms in total. The second kappa shape index (κ2) is 6.77. The third-order valence-corrected chi connectivity index (χ3v) is 3.96. The highest BCUT2D eigenvalue weighted by Gasteiger charge is 2.22. The summed E-state index contributed by atoms with van der Waals surface area (Å²) in [4.78, 5) is 13.0. The molecular weight excluding hydrogens is 284 g/mol. The minimum Gasteiger partial charge on any atom is -0.496 e. The average molecular weight is 303 g/mol. The SMILES string of the molecule is CCc1cccc(CC)c1C(=O)c1c(Cl)cccc1OC. The summed E-state index contributed by atoms with van der Waals surface area (Å²) in [5.74, 6) is 0.451. The van der Waals surface area contributed by atoms with E-state index in [-0.39, 0.29) is 5.78 Å². The Labute approximate surface area is 130 Å². The van der Waals surface area contributed by atoms with Crippen molar-refractivity contribution in [3.8, 4) is 5.75 Å². The quantitative estimate of drug-likeness (QED) is 0.748. The lowest BCUT2D eigenvalue weighted by atomic mass is 9.91. The summed E-state index contributed by atoms with van der Waals surface area (Å²) < 4.78 is 5.31. The van der Waals surface area contributed by atoms with Crippen LogP contribution in [0, 0.1) is 0 Å². The van der Waals surface area contributed by atoms with Gasteiger partial charge in [-0.2, -0.15) is 0 Å². The molecule has 0 amide bonds. The van der Waals surface area contributed by atoms with Crippen molar-refractivity contribution < 1.29 is 9.53 Å². The first-order valence-electron chi connectivity index (χ1n) is 7.11. The van der Waals surface area contributed by atoms with Gasteiger partial charge in [-0.1, -0.05) is 49.7 Å². The first-order valence-corrected chi connectivity index (χ1v) is 7.49. The smallest absolute Gasteiger partial charge is 0.198 e. The van der Waals surface area contributed by atoms with Gasteiger partial charge in [0.05, 0.1) is 17.7 Å². The van der Waals surface area contributed by atoms with Gasteiger partial charge >= 0.3 is 0 Å². The van der Waals surface area contributed by atoms with Crippen LogP contribution in [-0.2, 0) is 12.8 Å². The largest absolute Gasteiger partial charge is 0.496 e. The Bertz CT molecular complexity index is 640. The first kappa shape index (κ1) is 15.6. The van der Waals surface area contributed by atoms with Crippen molar-refractivity contribution in [2.45, 2.75) is 26.7 Å². The molecule has 0 radical (unpaired) electrons. The summed E-state index contributed by atoms with van der Waals surface area (Å²) >= 11 is 6.24. The van der Waals surface area contributed by atoms with E-state index in [0.717, 1.165) is 29.5 Å². The zero-order valence-corrected chi connectivity index (χ0v) is 13.3. The summed E-state index contributed by atoms with van der Waals surface area (Å²) in [5, 5.41) is 0.423. The van der Waals surface area contributed by atoms with Crippen LogP contribution >= 0.6 is 11.6 Å². The molecule has 0 unspecified atom stereocenters. The van der Waals surface area contributed by atoms with Crippen molar-refractivity contribution in [1.29, 1.82) is 0 Å². The number of ether oxygens (including phenoxy) is 1. The van der Waals surface area contributed by atoms with Crippen molar-refractivity contribution in [2.24, 2.45) is 0 Å². The van der Waals surface area contributed by atoms with E-state index in [4.69, 9.17) is 16.3 Å². The summed E-state index contributed by atoms with van der Waals surface area (Å²) in [5.41, 5.74) is 3.29. The Hall–Kier alpha value is -1.80. The molecule has 0 aliphatic carbocycles. The number of aryl methyl sites for hydroxylation is 2. The van der Waals surface area contributed by atoms with Gasteiger partial charge in [0.25, 0.3) is 0 Å². The fourth-order valence-electron chi connectivity index (χ4n) is 2.55. The monoisotopic (exact) mass is 302 g/mol. The second-order valence-corrected chi connectivity index (χ2v) is 5.21. The normalized spacial score (nSPS) is 10.5. The van der Waals surface area contributed by atoms with E-state index in [1.807, 2.05) is 18.2 Å². The van der Waals surface area contributed by atoms with Gasteiger partial charge in [0.2, 0.25) is 0 Å². The van der Waals surface area contributed by atoms with E-state index < -0.39 is 0 Å². The number of carbonyl (C=O) groups is 1. The van der Waals surface area contributed by atoms with E-state index in [0.29, 0.717) is 16.3 Å². The lowest BCUT2D eigenvalue weighted by molar-refractivity contribution is 0.103. The minimum absolute atomic E-state index is 0.0632. The standard InChI is InChI=1S/C18H19ClO2/c1-4-12-8-6-9-13(5-2)16(12)18(20)17-14(19)10-7-11-15(17)21-3/h6-11H,4-5H2,1-3H3. The van der Waals surface area contributed by atoms with Crippen LogP contribution < -0.4 is 4.74 Å². The maximum absolute atomic E-state index is 13.0. The van der Waals surface area contributed by atoms with E-state index in [1.54, 1.807) is 25.3 Å². The predicted octanol–water partition coefficient (Wildman–Crippen LogP) is 4.70. The highest BCUT2D eigenvalue weighted by atomic mass is 35.5. The molecule has 110 valence electrons. The number of hydrogen-bond acceptors (Lipinski definition) is 2. The van der Waals surface area contributed by atoms with Crippen molar-refractivity contribution >= 4 is 17.4 Å². The zero-order chi connectivity index (χ0) is 15.4. The molecule has 0 fully saturated rings. The minimum atomic E-state index is -0.0632. The van der Waals surface area contributed by atoms with Gasteiger partial charge in [0.1, 0.15) is 5.75 Å². The number of halogens is 1. The molecule has 2 rings (SSSR count). The molecule has 0 aromatic heterocycles. The maximum Gasteiger partial charge on any atom is 0.198 e. The van der Waals surface area contributed by atoms with E-state index in [9.17, 15) is 4.79 Å². The van der Waals surface area contributed by atoms with E-state index >= 15 is 0 Å². The Kier molecular flexibility index (Phi) is 5.03. The summed E-state index contributed by atoms with van der Waals surface area (Å²) in [6, 6.07) is 11.3. The molecule has 3 heteroatoms. The van der Waals surface area contributed by atoms with E-state index in [1.165, 1.54) is 0 Å². The summed E-state index contributed by atoms with van der Waals surface area (Å²) in [6.45, 7) is 4.10.